The van der Waals surface area contributed by atoms with Gasteiger partial charge in [0.25, 0.3) is 0 Å². The van der Waals surface area contributed by atoms with E-state index in [-0.39, 0.29) is 16.7 Å². The lowest BCUT2D eigenvalue weighted by atomic mass is 9.72. The highest BCUT2D eigenvalue weighted by Gasteiger charge is 2.42. The minimum Gasteiger partial charge on any atom is -0.456 e. The molecule has 9 rings (SSSR count). The molecule has 0 radical (unpaired) electrons. The van der Waals surface area contributed by atoms with Gasteiger partial charge < -0.3 is 4.42 Å². The smallest absolute Gasteiger partial charge is 0.135 e. The van der Waals surface area contributed by atoms with Gasteiger partial charge in [-0.1, -0.05) is 143 Å². The van der Waals surface area contributed by atoms with Gasteiger partial charge in [0.15, 0.2) is 0 Å². The largest absolute Gasteiger partial charge is 0.456 e. The second-order valence-corrected chi connectivity index (χ2v) is 13.6. The molecule has 0 spiro atoms. The van der Waals surface area contributed by atoms with Crippen molar-refractivity contribution in [1.29, 1.82) is 0 Å². The Morgan fingerprint density at radius 2 is 1.02 bits per heavy atom. The van der Waals surface area contributed by atoms with Gasteiger partial charge in [-0.15, -0.1) is 0 Å². The van der Waals surface area contributed by atoms with E-state index in [1.807, 2.05) is 0 Å². The first-order valence-electron chi connectivity index (χ1n) is 15.7. The van der Waals surface area contributed by atoms with Gasteiger partial charge in [0.05, 0.1) is 0 Å². The Bertz CT molecular complexity index is 2290. The highest BCUT2D eigenvalue weighted by molar-refractivity contribution is 6.07. The maximum absolute atomic E-state index is 6.48. The summed E-state index contributed by atoms with van der Waals surface area (Å²) >= 11 is 0. The molecule has 0 aliphatic heterocycles. The zero-order valence-corrected chi connectivity index (χ0v) is 25.6. The van der Waals surface area contributed by atoms with Gasteiger partial charge in [0.1, 0.15) is 11.2 Å². The molecular formula is C43H34O. The van der Waals surface area contributed by atoms with E-state index in [0.717, 1.165) is 11.2 Å². The molecule has 212 valence electrons. The number of hydrogen-bond donors (Lipinski definition) is 0. The third kappa shape index (κ3) is 3.25. The van der Waals surface area contributed by atoms with Crippen LogP contribution in [0.3, 0.4) is 0 Å². The number of fused-ring (bicyclic) bond motifs is 9. The molecule has 1 nitrogen and oxygen atoms in total. The molecule has 6 aromatic carbocycles. The topological polar surface area (TPSA) is 13.1 Å². The van der Waals surface area contributed by atoms with Crippen molar-refractivity contribution in [1.82, 2.24) is 0 Å². The summed E-state index contributed by atoms with van der Waals surface area (Å²) in [6.45, 7) is 9.56. The Balaban J connectivity index is 1.43. The van der Waals surface area contributed by atoms with Crippen molar-refractivity contribution < 1.29 is 4.42 Å². The zero-order chi connectivity index (χ0) is 29.8. The van der Waals surface area contributed by atoms with Crippen LogP contribution in [0.5, 0.6) is 0 Å². The van der Waals surface area contributed by atoms with Crippen molar-refractivity contribution in [3.63, 3.8) is 0 Å². The summed E-state index contributed by atoms with van der Waals surface area (Å²) in [6, 6.07) is 47.1. The third-order valence-corrected chi connectivity index (χ3v) is 10.6. The molecule has 0 fully saturated rings. The van der Waals surface area contributed by atoms with Crippen LogP contribution >= 0.6 is 0 Å². The normalized spacial score (nSPS) is 16.0. The van der Waals surface area contributed by atoms with E-state index in [1.165, 1.54) is 72.0 Å². The Labute approximate surface area is 258 Å². The van der Waals surface area contributed by atoms with E-state index in [2.05, 4.69) is 155 Å². The molecule has 7 aromatic rings. The molecular weight excluding hydrogens is 532 g/mol. The summed E-state index contributed by atoms with van der Waals surface area (Å²) in [7, 11) is 0. The van der Waals surface area contributed by atoms with Gasteiger partial charge in [0.2, 0.25) is 0 Å². The molecule has 1 aromatic heterocycles. The minimum atomic E-state index is -0.137. The summed E-state index contributed by atoms with van der Waals surface area (Å²) in [5.41, 5.74) is 16.8. The lowest BCUT2D eigenvalue weighted by molar-refractivity contribution is 0.648. The summed E-state index contributed by atoms with van der Waals surface area (Å²) in [5, 5.41) is 2.38. The first kappa shape index (κ1) is 25.6. The van der Waals surface area contributed by atoms with Crippen LogP contribution in [-0.4, -0.2) is 0 Å². The van der Waals surface area contributed by atoms with Gasteiger partial charge >= 0.3 is 0 Å². The molecule has 0 saturated heterocycles. The summed E-state index contributed by atoms with van der Waals surface area (Å²) in [6.07, 6.45) is 0. The molecule has 2 aliphatic rings. The van der Waals surface area contributed by atoms with Crippen LogP contribution in [0, 0.1) is 0 Å². The van der Waals surface area contributed by atoms with E-state index in [9.17, 15) is 0 Å². The van der Waals surface area contributed by atoms with Crippen LogP contribution in [-0.2, 0) is 10.8 Å². The van der Waals surface area contributed by atoms with Crippen LogP contribution in [0.2, 0.25) is 0 Å². The Morgan fingerprint density at radius 1 is 0.455 bits per heavy atom. The fourth-order valence-corrected chi connectivity index (χ4v) is 8.70. The second kappa shape index (κ2) is 8.83. The predicted octanol–water partition coefficient (Wildman–Crippen LogP) is 11.4. The van der Waals surface area contributed by atoms with Crippen molar-refractivity contribution in [2.24, 2.45) is 0 Å². The molecule has 1 unspecified atom stereocenters. The highest BCUT2D eigenvalue weighted by atomic mass is 16.3. The van der Waals surface area contributed by atoms with Crippen LogP contribution in [0.15, 0.2) is 132 Å². The van der Waals surface area contributed by atoms with Crippen LogP contribution in [0.1, 0.15) is 72.6 Å². The highest BCUT2D eigenvalue weighted by Crippen LogP contribution is 2.57. The van der Waals surface area contributed by atoms with Crippen molar-refractivity contribution in [3.05, 3.63) is 166 Å². The molecule has 0 amide bonds. The standard InChI is InChI=1S/C43H34O/c1-42(2)34-22-9-6-15-28(34)39-30(18-12-23-35(39)42)38(31-19-13-25-37-40(31)29-16-7-10-24-36(29)44-37)32-20-11-17-27-26-14-5-8-21-33(26)43(3,4)41(27)32/h5-25,38H,1-4H3. The van der Waals surface area contributed by atoms with Crippen molar-refractivity contribution >= 4 is 21.9 Å². The van der Waals surface area contributed by atoms with Gasteiger partial charge in [-0.25, -0.2) is 0 Å². The molecule has 0 saturated carbocycles. The molecule has 1 heteroatoms. The molecule has 0 N–H and O–H groups in total. The van der Waals surface area contributed by atoms with E-state index in [1.54, 1.807) is 0 Å². The van der Waals surface area contributed by atoms with E-state index in [0.29, 0.717) is 0 Å². The predicted molar refractivity (Wildman–Crippen MR) is 183 cm³/mol. The van der Waals surface area contributed by atoms with Gasteiger partial charge in [-0.3, -0.25) is 0 Å². The van der Waals surface area contributed by atoms with E-state index >= 15 is 0 Å². The third-order valence-electron chi connectivity index (χ3n) is 10.6. The van der Waals surface area contributed by atoms with E-state index in [4.69, 9.17) is 4.42 Å². The van der Waals surface area contributed by atoms with Gasteiger partial charge in [0, 0.05) is 27.5 Å². The van der Waals surface area contributed by atoms with Gasteiger partial charge in [-0.2, -0.15) is 0 Å². The van der Waals surface area contributed by atoms with Crippen molar-refractivity contribution in [2.45, 2.75) is 44.4 Å². The fraction of sp³-hybridized carbons (Fsp3) is 0.163. The number of para-hydroxylation sites is 1. The molecule has 0 bridgehead atoms. The molecule has 44 heavy (non-hydrogen) atoms. The fourth-order valence-electron chi connectivity index (χ4n) is 8.70. The van der Waals surface area contributed by atoms with Crippen molar-refractivity contribution in [3.8, 4) is 22.3 Å². The van der Waals surface area contributed by atoms with Crippen LogP contribution in [0.4, 0.5) is 0 Å². The quantitative estimate of drug-likeness (QED) is 0.194. The average Bonchev–Trinajstić information content (AvgIpc) is 3.62. The lowest BCUT2D eigenvalue weighted by Gasteiger charge is -2.30. The van der Waals surface area contributed by atoms with Crippen LogP contribution < -0.4 is 0 Å². The Hall–Kier alpha value is -4.88. The maximum atomic E-state index is 6.48. The minimum absolute atomic E-state index is 0.000138. The van der Waals surface area contributed by atoms with E-state index < -0.39 is 0 Å². The number of furan rings is 1. The van der Waals surface area contributed by atoms with Gasteiger partial charge in [-0.05, 0) is 73.3 Å². The molecule has 1 atom stereocenters. The number of hydrogen-bond acceptors (Lipinski definition) is 1. The maximum Gasteiger partial charge on any atom is 0.135 e. The summed E-state index contributed by atoms with van der Waals surface area (Å²) < 4.78 is 6.48. The first-order chi connectivity index (χ1) is 21.4. The van der Waals surface area contributed by atoms with Crippen LogP contribution in [0.25, 0.3) is 44.2 Å². The molecule has 1 heterocycles. The lowest BCUT2D eigenvalue weighted by Crippen LogP contribution is -2.20. The summed E-state index contributed by atoms with van der Waals surface area (Å²) in [4.78, 5) is 0. The summed E-state index contributed by atoms with van der Waals surface area (Å²) in [5.74, 6) is 0.000138. The second-order valence-electron chi connectivity index (χ2n) is 13.6. The first-order valence-corrected chi connectivity index (χ1v) is 15.7. The molecule has 2 aliphatic carbocycles. The monoisotopic (exact) mass is 566 g/mol. The number of benzene rings is 6. The zero-order valence-electron chi connectivity index (χ0n) is 25.6. The Morgan fingerprint density at radius 3 is 1.86 bits per heavy atom. The van der Waals surface area contributed by atoms with Crippen molar-refractivity contribution in [2.75, 3.05) is 0 Å². The Kier molecular flexibility index (Phi) is 5.14. The average molecular weight is 567 g/mol. The number of rotatable bonds is 3. The SMILES string of the molecule is CC1(C)c2ccccc2-c2c(C(c3cccc4c3C(C)(C)c3ccccc3-4)c3cccc4oc5ccccc5c34)cccc21.